The number of carbonyl (C=O) groups excluding carboxylic acids is 4. The first-order valence-corrected chi connectivity index (χ1v) is 16.1. The fourth-order valence-electron chi connectivity index (χ4n) is 4.16. The summed E-state index contributed by atoms with van der Waals surface area (Å²) in [5.74, 6) is -1.53. The molecule has 0 aromatic heterocycles. The van der Waals surface area contributed by atoms with Gasteiger partial charge in [0.1, 0.15) is 0 Å². The molecule has 0 bridgehead atoms. The van der Waals surface area contributed by atoms with E-state index in [4.69, 9.17) is 0 Å². The molecule has 0 unspecified atom stereocenters. The van der Waals surface area contributed by atoms with E-state index in [0.717, 1.165) is 0 Å². The van der Waals surface area contributed by atoms with Gasteiger partial charge in [-0.1, -0.05) is 66.7 Å². The largest absolute Gasteiger partial charge is 0.320 e. The van der Waals surface area contributed by atoms with Crippen molar-refractivity contribution in [1.82, 2.24) is 0 Å². The second kappa shape index (κ2) is 16.3. The number of benzene rings is 5. The van der Waals surface area contributed by atoms with Gasteiger partial charge in [-0.2, -0.15) is 0 Å². The highest BCUT2D eigenvalue weighted by Gasteiger charge is 2.16. The Balaban J connectivity index is 0.00000113. The lowest BCUT2D eigenvalue weighted by atomic mass is 10.1. The fraction of sp³-hybridized carbons (Fsp3) is 0.0556. The van der Waals surface area contributed by atoms with Gasteiger partial charge in [0.15, 0.2) is 0 Å². The molecule has 0 spiro atoms. The second-order valence-electron chi connectivity index (χ2n) is 9.96. The summed E-state index contributed by atoms with van der Waals surface area (Å²) >= 11 is 0. The van der Waals surface area contributed by atoms with Crippen molar-refractivity contribution >= 4 is 57.2 Å². The van der Waals surface area contributed by atoms with Gasteiger partial charge >= 0.3 is 0 Å². The average Bonchev–Trinajstić information content (AvgIpc) is 3.07. The van der Waals surface area contributed by atoms with Crippen molar-refractivity contribution in [3.05, 3.63) is 156 Å². The van der Waals surface area contributed by atoms with Crippen LogP contribution >= 0.6 is 0 Å². The van der Waals surface area contributed by atoms with E-state index in [1.165, 1.54) is 6.07 Å². The highest BCUT2D eigenvalue weighted by Crippen LogP contribution is 2.24. The molecule has 5 rings (SSSR count). The van der Waals surface area contributed by atoms with E-state index < -0.39 is 22.6 Å². The van der Waals surface area contributed by atoms with E-state index in [-0.39, 0.29) is 22.9 Å². The number of carbonyl (C=O) groups is 4. The molecule has 0 radical (unpaired) electrons. The Morgan fingerprint density at radius 1 is 0.391 bits per heavy atom. The molecule has 4 N–H and O–H groups in total. The van der Waals surface area contributed by atoms with Crippen LogP contribution in [-0.4, -0.2) is 40.3 Å². The topological polar surface area (TPSA) is 133 Å². The maximum atomic E-state index is 13.2. The SMILES string of the molecule is CS(C)=O.O=C(Nc1ccccc1NC(=O)c1cccc(C(=O)Nc2ccccc2NC(=O)c2ccccc2)c1)c1ccccc1. The number of rotatable bonds is 8. The second-order valence-corrected chi connectivity index (χ2v) is 11.4. The van der Waals surface area contributed by atoms with Gasteiger partial charge in [0.25, 0.3) is 23.6 Å². The Bertz CT molecular complexity index is 1730. The van der Waals surface area contributed by atoms with Crippen molar-refractivity contribution in [1.29, 1.82) is 0 Å². The monoisotopic (exact) mass is 632 g/mol. The van der Waals surface area contributed by atoms with Crippen molar-refractivity contribution < 1.29 is 23.4 Å². The zero-order valence-corrected chi connectivity index (χ0v) is 26.0. The summed E-state index contributed by atoms with van der Waals surface area (Å²) in [5.41, 5.74) is 3.15. The lowest BCUT2D eigenvalue weighted by molar-refractivity contribution is 0.101. The van der Waals surface area contributed by atoms with Gasteiger partial charge in [0.2, 0.25) is 0 Å². The standard InChI is InChI=1S/C34H26N4O4.C2H6OS/c39-31(23-12-3-1-4-13-23)35-27-18-7-9-20-29(27)37-33(41)25-16-11-17-26(22-25)34(42)38-30-21-10-8-19-28(30)36-32(40)24-14-5-2-6-15-24;1-4(2)3/h1-22H,(H,35,39)(H,36,40)(H,37,41)(H,38,42);1-2H3. The minimum atomic E-state index is -0.611. The molecule has 232 valence electrons. The summed E-state index contributed by atoms with van der Waals surface area (Å²) < 4.78 is 9.56. The van der Waals surface area contributed by atoms with Crippen molar-refractivity contribution in [3.63, 3.8) is 0 Å². The first-order valence-electron chi connectivity index (χ1n) is 14.1. The Labute approximate surface area is 269 Å². The van der Waals surface area contributed by atoms with Crippen LogP contribution in [0.5, 0.6) is 0 Å². The molecule has 0 aliphatic carbocycles. The van der Waals surface area contributed by atoms with Gasteiger partial charge in [0, 0.05) is 45.6 Å². The number of hydrogen-bond donors (Lipinski definition) is 4. The average molecular weight is 633 g/mol. The summed E-state index contributed by atoms with van der Waals surface area (Å²) in [4.78, 5) is 51.6. The molecule has 0 heterocycles. The van der Waals surface area contributed by atoms with Crippen LogP contribution in [-0.2, 0) is 10.8 Å². The first-order chi connectivity index (χ1) is 22.2. The van der Waals surface area contributed by atoms with Crippen LogP contribution in [0.2, 0.25) is 0 Å². The van der Waals surface area contributed by atoms with Crippen molar-refractivity contribution in [2.75, 3.05) is 33.8 Å². The number of para-hydroxylation sites is 4. The van der Waals surface area contributed by atoms with Gasteiger partial charge in [-0.3, -0.25) is 23.4 Å². The minimum Gasteiger partial charge on any atom is -0.320 e. The normalized spacial score (nSPS) is 10.2. The van der Waals surface area contributed by atoms with Crippen LogP contribution in [0, 0.1) is 0 Å². The molecular weight excluding hydrogens is 600 g/mol. The van der Waals surface area contributed by atoms with Crippen molar-refractivity contribution in [3.8, 4) is 0 Å². The van der Waals surface area contributed by atoms with E-state index in [0.29, 0.717) is 33.9 Å². The predicted octanol–water partition coefficient (Wildman–Crippen LogP) is 6.69. The molecule has 10 heteroatoms. The highest BCUT2D eigenvalue weighted by molar-refractivity contribution is 7.83. The van der Waals surface area contributed by atoms with Crippen molar-refractivity contribution in [2.24, 2.45) is 0 Å². The smallest absolute Gasteiger partial charge is 0.255 e. The lowest BCUT2D eigenvalue weighted by Crippen LogP contribution is -2.18. The molecule has 0 fully saturated rings. The van der Waals surface area contributed by atoms with Gasteiger partial charge < -0.3 is 21.3 Å². The van der Waals surface area contributed by atoms with Crippen LogP contribution in [0.4, 0.5) is 22.7 Å². The van der Waals surface area contributed by atoms with Gasteiger partial charge in [0.05, 0.1) is 22.7 Å². The first kappa shape index (κ1) is 33.0. The van der Waals surface area contributed by atoms with Gasteiger partial charge in [-0.15, -0.1) is 0 Å². The third-order valence-corrected chi connectivity index (χ3v) is 6.31. The summed E-state index contributed by atoms with van der Waals surface area (Å²) in [6.45, 7) is 0. The van der Waals surface area contributed by atoms with Gasteiger partial charge in [-0.05, 0) is 66.7 Å². The Hall–Kier alpha value is -5.87. The van der Waals surface area contributed by atoms with E-state index >= 15 is 0 Å². The number of hydrogen-bond acceptors (Lipinski definition) is 5. The maximum absolute atomic E-state index is 13.2. The Kier molecular flexibility index (Phi) is 11.7. The molecule has 0 atom stereocenters. The van der Waals surface area contributed by atoms with Crippen LogP contribution in [0.25, 0.3) is 0 Å². The molecule has 0 saturated carbocycles. The minimum absolute atomic E-state index is 0.248. The third-order valence-electron chi connectivity index (χ3n) is 6.31. The zero-order valence-electron chi connectivity index (χ0n) is 25.2. The molecule has 5 aromatic rings. The van der Waals surface area contributed by atoms with Crippen LogP contribution < -0.4 is 21.3 Å². The Morgan fingerprint density at radius 3 is 0.935 bits per heavy atom. The number of amides is 4. The summed E-state index contributed by atoms with van der Waals surface area (Å²) in [5, 5.41) is 11.3. The van der Waals surface area contributed by atoms with Crippen molar-refractivity contribution in [2.45, 2.75) is 0 Å². The lowest BCUT2D eigenvalue weighted by Gasteiger charge is -2.14. The fourth-order valence-corrected chi connectivity index (χ4v) is 4.16. The van der Waals surface area contributed by atoms with E-state index in [2.05, 4.69) is 21.3 Å². The quantitative estimate of drug-likeness (QED) is 0.151. The molecular formula is C36H32N4O5S. The number of nitrogens with one attached hydrogen (secondary N) is 4. The highest BCUT2D eigenvalue weighted by atomic mass is 32.2. The van der Waals surface area contributed by atoms with Gasteiger partial charge in [-0.25, -0.2) is 0 Å². The molecule has 5 aromatic carbocycles. The van der Waals surface area contributed by atoms with E-state index in [1.807, 2.05) is 12.1 Å². The molecule has 0 saturated heterocycles. The molecule has 46 heavy (non-hydrogen) atoms. The van der Waals surface area contributed by atoms with Crippen LogP contribution in [0.3, 0.4) is 0 Å². The summed E-state index contributed by atoms with van der Waals surface area (Å²) in [6.07, 6.45) is 3.28. The third kappa shape index (κ3) is 9.57. The number of anilines is 4. The summed E-state index contributed by atoms with van der Waals surface area (Å²) in [7, 11) is -0.611. The van der Waals surface area contributed by atoms with Crippen LogP contribution in [0.1, 0.15) is 41.4 Å². The predicted molar refractivity (Wildman–Crippen MR) is 184 cm³/mol. The Morgan fingerprint density at radius 2 is 0.630 bits per heavy atom. The molecule has 0 aliphatic rings. The molecule has 9 nitrogen and oxygen atoms in total. The van der Waals surface area contributed by atoms with Crippen LogP contribution in [0.15, 0.2) is 133 Å². The summed E-state index contributed by atoms with van der Waals surface area (Å²) in [6, 6.07) is 37.5. The zero-order chi connectivity index (χ0) is 32.9. The van der Waals surface area contributed by atoms with E-state index in [1.54, 1.807) is 128 Å². The molecule has 0 aliphatic heterocycles. The molecule has 4 amide bonds. The maximum Gasteiger partial charge on any atom is 0.255 e. The van der Waals surface area contributed by atoms with E-state index in [9.17, 15) is 23.4 Å².